The number of hydrogen-bond acceptors (Lipinski definition) is 2. The van der Waals surface area contributed by atoms with Crippen molar-refractivity contribution in [3.63, 3.8) is 0 Å². The fourth-order valence-corrected chi connectivity index (χ4v) is 2.19. The van der Waals surface area contributed by atoms with E-state index in [0.717, 1.165) is 18.9 Å². The van der Waals surface area contributed by atoms with Crippen molar-refractivity contribution in [1.82, 2.24) is 4.90 Å². The second-order valence-electron chi connectivity index (χ2n) is 5.68. The van der Waals surface area contributed by atoms with Crippen LogP contribution < -0.4 is 5.32 Å². The number of rotatable bonds is 5. The van der Waals surface area contributed by atoms with E-state index in [0.29, 0.717) is 6.54 Å². The van der Waals surface area contributed by atoms with E-state index in [-0.39, 0.29) is 23.2 Å². The lowest BCUT2D eigenvalue weighted by atomic mass is 10.1. The van der Waals surface area contributed by atoms with E-state index in [9.17, 15) is 14.0 Å². The molecule has 2 N–H and O–H groups in total. The summed E-state index contributed by atoms with van der Waals surface area (Å²) >= 11 is 0. The van der Waals surface area contributed by atoms with Crippen LogP contribution in [0.15, 0.2) is 18.2 Å². The number of anilines is 1. The van der Waals surface area contributed by atoms with Crippen LogP contribution in [0.3, 0.4) is 0 Å². The molecule has 1 aromatic carbocycles. The summed E-state index contributed by atoms with van der Waals surface area (Å²) in [6.45, 7) is 4.55. The standard InChI is InChI=1S/C15H19FN2O3/c1-9(2)8-18(10-6-7-10)15(21)17-13-11(14(19)20)4-3-5-12(13)16/h3-5,9-10H,6-8H2,1-2H3,(H,17,21)(H,19,20). The smallest absolute Gasteiger partial charge is 0.337 e. The molecule has 0 radical (unpaired) electrons. The van der Waals surface area contributed by atoms with E-state index in [1.54, 1.807) is 4.90 Å². The highest BCUT2D eigenvalue weighted by molar-refractivity contribution is 6.00. The fourth-order valence-electron chi connectivity index (χ4n) is 2.19. The molecule has 21 heavy (non-hydrogen) atoms. The molecule has 2 amide bonds. The summed E-state index contributed by atoms with van der Waals surface area (Å²) in [4.78, 5) is 25.1. The summed E-state index contributed by atoms with van der Waals surface area (Å²) < 4.78 is 13.8. The van der Waals surface area contributed by atoms with Crippen molar-refractivity contribution in [2.24, 2.45) is 5.92 Å². The molecular weight excluding hydrogens is 275 g/mol. The normalized spacial score (nSPS) is 14.1. The molecular formula is C15H19FN2O3. The highest BCUT2D eigenvalue weighted by atomic mass is 19.1. The van der Waals surface area contributed by atoms with Crippen molar-refractivity contribution in [2.45, 2.75) is 32.7 Å². The molecule has 1 aliphatic rings. The van der Waals surface area contributed by atoms with Gasteiger partial charge in [0.05, 0.1) is 11.3 Å². The molecule has 1 fully saturated rings. The Labute approximate surface area is 122 Å². The second-order valence-corrected chi connectivity index (χ2v) is 5.68. The average Bonchev–Trinajstić information content (AvgIpc) is 3.22. The van der Waals surface area contributed by atoms with E-state index in [4.69, 9.17) is 5.11 Å². The van der Waals surface area contributed by atoms with Gasteiger partial charge < -0.3 is 15.3 Å². The maximum atomic E-state index is 13.8. The number of nitrogens with zero attached hydrogens (tertiary/aromatic N) is 1. The number of benzene rings is 1. The Hall–Kier alpha value is -2.11. The van der Waals surface area contributed by atoms with Crippen LogP contribution in [0.25, 0.3) is 0 Å². The van der Waals surface area contributed by atoms with Crippen LogP contribution in [0.1, 0.15) is 37.0 Å². The van der Waals surface area contributed by atoms with Gasteiger partial charge in [-0.3, -0.25) is 0 Å². The minimum Gasteiger partial charge on any atom is -0.478 e. The quantitative estimate of drug-likeness (QED) is 0.876. The van der Waals surface area contributed by atoms with Crippen molar-refractivity contribution in [1.29, 1.82) is 0 Å². The van der Waals surface area contributed by atoms with Crippen LogP contribution >= 0.6 is 0 Å². The number of hydrogen-bond donors (Lipinski definition) is 2. The van der Waals surface area contributed by atoms with Crippen molar-refractivity contribution in [3.8, 4) is 0 Å². The molecule has 1 saturated carbocycles. The Balaban J connectivity index is 2.20. The van der Waals surface area contributed by atoms with Crippen molar-refractivity contribution < 1.29 is 19.1 Å². The molecule has 0 spiro atoms. The number of nitrogens with one attached hydrogen (secondary N) is 1. The zero-order valence-corrected chi connectivity index (χ0v) is 12.1. The van der Waals surface area contributed by atoms with E-state index >= 15 is 0 Å². The minimum absolute atomic E-state index is 0.174. The zero-order chi connectivity index (χ0) is 15.6. The SMILES string of the molecule is CC(C)CN(C(=O)Nc1c(F)cccc1C(=O)O)C1CC1. The Kier molecular flexibility index (Phi) is 4.45. The van der Waals surface area contributed by atoms with Crippen LogP contribution in [-0.2, 0) is 0 Å². The lowest BCUT2D eigenvalue weighted by molar-refractivity contribution is 0.0697. The van der Waals surface area contributed by atoms with Gasteiger partial charge in [-0.1, -0.05) is 19.9 Å². The molecule has 1 aliphatic carbocycles. The fraction of sp³-hybridized carbons (Fsp3) is 0.467. The lowest BCUT2D eigenvalue weighted by Crippen LogP contribution is -2.39. The topological polar surface area (TPSA) is 69.6 Å². The molecule has 0 saturated heterocycles. The molecule has 0 unspecified atom stereocenters. The van der Waals surface area contributed by atoms with Gasteiger partial charge in [0.1, 0.15) is 5.82 Å². The van der Waals surface area contributed by atoms with Gasteiger partial charge >= 0.3 is 12.0 Å². The molecule has 0 aliphatic heterocycles. The molecule has 0 heterocycles. The summed E-state index contributed by atoms with van der Waals surface area (Å²) in [5, 5.41) is 11.5. The number of halogens is 1. The Morgan fingerprint density at radius 1 is 1.43 bits per heavy atom. The van der Waals surface area contributed by atoms with Gasteiger partial charge in [-0.15, -0.1) is 0 Å². The maximum absolute atomic E-state index is 13.8. The van der Waals surface area contributed by atoms with Crippen LogP contribution in [-0.4, -0.2) is 34.6 Å². The first-order valence-electron chi connectivity index (χ1n) is 6.99. The van der Waals surface area contributed by atoms with E-state index < -0.39 is 17.8 Å². The summed E-state index contributed by atoms with van der Waals surface area (Å²) in [6, 6.07) is 3.43. The number of carbonyl (C=O) groups is 2. The molecule has 0 bridgehead atoms. The monoisotopic (exact) mass is 294 g/mol. The molecule has 5 nitrogen and oxygen atoms in total. The van der Waals surface area contributed by atoms with Gasteiger partial charge in [-0.25, -0.2) is 14.0 Å². The minimum atomic E-state index is -1.27. The highest BCUT2D eigenvalue weighted by Crippen LogP contribution is 2.29. The van der Waals surface area contributed by atoms with Crippen LogP contribution in [0.4, 0.5) is 14.9 Å². The Morgan fingerprint density at radius 3 is 2.62 bits per heavy atom. The molecule has 6 heteroatoms. The third-order valence-electron chi connectivity index (χ3n) is 3.29. The van der Waals surface area contributed by atoms with Crippen LogP contribution in [0.2, 0.25) is 0 Å². The maximum Gasteiger partial charge on any atom is 0.337 e. The first-order chi connectivity index (χ1) is 9.90. The van der Waals surface area contributed by atoms with E-state index in [1.165, 1.54) is 12.1 Å². The molecule has 0 atom stereocenters. The third-order valence-corrected chi connectivity index (χ3v) is 3.29. The lowest BCUT2D eigenvalue weighted by Gasteiger charge is -2.25. The Morgan fingerprint density at radius 2 is 2.10 bits per heavy atom. The van der Waals surface area contributed by atoms with Crippen LogP contribution in [0.5, 0.6) is 0 Å². The number of carboxylic acid groups (broad SMARTS) is 1. The third kappa shape index (κ3) is 3.71. The Bertz CT molecular complexity index is 556. The second kappa shape index (κ2) is 6.11. The van der Waals surface area contributed by atoms with Gasteiger partial charge in [0.25, 0.3) is 0 Å². The molecule has 2 rings (SSSR count). The van der Waals surface area contributed by atoms with Crippen molar-refractivity contribution in [3.05, 3.63) is 29.6 Å². The van der Waals surface area contributed by atoms with Gasteiger partial charge in [-0.05, 0) is 30.9 Å². The number of urea groups is 1. The van der Waals surface area contributed by atoms with Gasteiger partial charge in [-0.2, -0.15) is 0 Å². The molecule has 114 valence electrons. The number of amides is 2. The molecule has 0 aromatic heterocycles. The van der Waals surface area contributed by atoms with Crippen molar-refractivity contribution in [2.75, 3.05) is 11.9 Å². The van der Waals surface area contributed by atoms with Gasteiger partial charge in [0.2, 0.25) is 0 Å². The summed E-state index contributed by atoms with van der Waals surface area (Å²) in [5.74, 6) is -1.73. The van der Waals surface area contributed by atoms with Gasteiger partial charge in [0, 0.05) is 12.6 Å². The highest BCUT2D eigenvalue weighted by Gasteiger charge is 2.33. The summed E-state index contributed by atoms with van der Waals surface area (Å²) in [5.41, 5.74) is -0.520. The van der Waals surface area contributed by atoms with E-state index in [2.05, 4.69) is 5.32 Å². The predicted octanol–water partition coefficient (Wildman–Crippen LogP) is 3.18. The summed E-state index contributed by atoms with van der Waals surface area (Å²) in [6.07, 6.45) is 1.87. The number of aromatic carboxylic acids is 1. The number of carbonyl (C=O) groups excluding carboxylic acids is 1. The first kappa shape index (κ1) is 15.3. The van der Waals surface area contributed by atoms with Gasteiger partial charge in [0.15, 0.2) is 0 Å². The predicted molar refractivity (Wildman–Crippen MR) is 76.9 cm³/mol. The summed E-state index contributed by atoms with van der Waals surface area (Å²) in [7, 11) is 0. The largest absolute Gasteiger partial charge is 0.478 e. The zero-order valence-electron chi connectivity index (χ0n) is 12.1. The first-order valence-corrected chi connectivity index (χ1v) is 6.99. The molecule has 1 aromatic rings. The average molecular weight is 294 g/mol. The van der Waals surface area contributed by atoms with Crippen molar-refractivity contribution >= 4 is 17.7 Å². The number of para-hydroxylation sites is 1. The van der Waals surface area contributed by atoms with Crippen LogP contribution in [0, 0.1) is 11.7 Å². The number of carboxylic acids is 1. The van der Waals surface area contributed by atoms with E-state index in [1.807, 2.05) is 13.8 Å².